The first-order valence-corrected chi connectivity index (χ1v) is 14.7. The molecule has 4 heterocycles. The first kappa shape index (κ1) is 29.2. The molecule has 0 spiro atoms. The molecule has 3 saturated heterocycles. The lowest BCUT2D eigenvalue weighted by molar-refractivity contribution is -0.161. The van der Waals surface area contributed by atoms with Crippen molar-refractivity contribution >= 4 is 46.8 Å². The molecule has 10 nitrogen and oxygen atoms in total. The molecule has 2 aromatic rings. The lowest BCUT2D eigenvalue weighted by Gasteiger charge is -2.43. The van der Waals surface area contributed by atoms with Crippen molar-refractivity contribution in [3.05, 3.63) is 64.2 Å². The first-order chi connectivity index (χ1) is 20.6. The Labute approximate surface area is 251 Å². The highest BCUT2D eigenvalue weighted by Gasteiger charge is 2.47. The Balaban J connectivity index is 1.07. The van der Waals surface area contributed by atoms with Crippen molar-refractivity contribution in [2.45, 2.75) is 43.7 Å². The van der Waals surface area contributed by atoms with E-state index in [4.69, 9.17) is 11.6 Å². The van der Waals surface area contributed by atoms with Crippen LogP contribution in [-0.4, -0.2) is 95.6 Å². The number of piperidine rings is 2. The van der Waals surface area contributed by atoms with Gasteiger partial charge in [-0.05, 0) is 43.5 Å². The summed E-state index contributed by atoms with van der Waals surface area (Å²) in [5.74, 6) is -7.01. The third-order valence-electron chi connectivity index (χ3n) is 8.84. The number of nitrogens with one attached hydrogen (secondary N) is 1. The SMILES string of the molecule is O=C1CCC(N2C(=O)c3cccc(N4CCC(N5CCN(C(=O)C(F)(F)c6ccc(Cl)cc6)CC5)CC4)c3C2=O)C(=O)N1. The molecule has 0 saturated carbocycles. The zero-order valence-electron chi connectivity index (χ0n) is 23.2. The van der Waals surface area contributed by atoms with Crippen LogP contribution in [0, 0.1) is 0 Å². The lowest BCUT2D eigenvalue weighted by atomic mass is 9.99. The van der Waals surface area contributed by atoms with Crippen molar-refractivity contribution in [3.8, 4) is 0 Å². The number of anilines is 1. The fourth-order valence-electron chi connectivity index (χ4n) is 6.50. The van der Waals surface area contributed by atoms with E-state index in [-0.39, 0.29) is 48.7 Å². The van der Waals surface area contributed by atoms with Crippen molar-refractivity contribution in [1.29, 1.82) is 0 Å². The molecule has 0 bridgehead atoms. The quantitative estimate of drug-likeness (QED) is 0.517. The minimum atomic E-state index is -3.64. The number of carbonyl (C=O) groups excluding carboxylic acids is 5. The number of hydrogen-bond donors (Lipinski definition) is 1. The molecule has 1 unspecified atom stereocenters. The van der Waals surface area contributed by atoms with Crippen LogP contribution >= 0.6 is 11.6 Å². The van der Waals surface area contributed by atoms with Crippen molar-refractivity contribution in [2.24, 2.45) is 0 Å². The molecular weight excluding hydrogens is 584 g/mol. The minimum absolute atomic E-state index is 0.0530. The van der Waals surface area contributed by atoms with E-state index in [0.717, 1.165) is 17.7 Å². The number of rotatable bonds is 5. The molecule has 2 aromatic carbocycles. The Kier molecular flexibility index (Phi) is 7.67. The van der Waals surface area contributed by atoms with Crippen LogP contribution in [0.25, 0.3) is 0 Å². The van der Waals surface area contributed by atoms with Gasteiger partial charge in [-0.3, -0.25) is 39.1 Å². The normalized spacial score (nSPS) is 22.2. The molecule has 1 atom stereocenters. The van der Waals surface area contributed by atoms with Gasteiger partial charge >= 0.3 is 5.92 Å². The van der Waals surface area contributed by atoms with Gasteiger partial charge in [0.15, 0.2) is 0 Å². The largest absolute Gasteiger partial charge is 0.371 e. The number of nitrogens with zero attached hydrogens (tertiary/aromatic N) is 4. The van der Waals surface area contributed by atoms with Gasteiger partial charge < -0.3 is 9.80 Å². The van der Waals surface area contributed by atoms with Gasteiger partial charge in [-0.2, -0.15) is 8.78 Å². The summed E-state index contributed by atoms with van der Waals surface area (Å²) in [5.41, 5.74) is 0.753. The summed E-state index contributed by atoms with van der Waals surface area (Å²) < 4.78 is 29.8. The second-order valence-electron chi connectivity index (χ2n) is 11.3. The van der Waals surface area contributed by atoms with Crippen LogP contribution in [0.1, 0.15) is 52.0 Å². The van der Waals surface area contributed by atoms with Gasteiger partial charge in [0.05, 0.1) is 16.8 Å². The summed E-state index contributed by atoms with van der Waals surface area (Å²) in [5, 5.41) is 2.53. The highest BCUT2D eigenvalue weighted by Crippen LogP contribution is 2.36. The highest BCUT2D eigenvalue weighted by atomic mass is 35.5. The molecule has 5 amide bonds. The van der Waals surface area contributed by atoms with E-state index in [9.17, 15) is 32.8 Å². The average molecular weight is 614 g/mol. The Morgan fingerprint density at radius 3 is 2.19 bits per heavy atom. The van der Waals surface area contributed by atoms with Crippen molar-refractivity contribution in [1.82, 2.24) is 20.0 Å². The molecule has 4 aliphatic rings. The lowest BCUT2D eigenvalue weighted by Crippen LogP contribution is -2.56. The van der Waals surface area contributed by atoms with Gasteiger partial charge in [0.2, 0.25) is 11.8 Å². The summed E-state index contributed by atoms with van der Waals surface area (Å²) in [6, 6.07) is 9.26. The molecule has 43 heavy (non-hydrogen) atoms. The number of hydrogen-bond acceptors (Lipinski definition) is 7. The second-order valence-corrected chi connectivity index (χ2v) is 11.7. The second kappa shape index (κ2) is 11.3. The summed E-state index contributed by atoms with van der Waals surface area (Å²) in [6.45, 7) is 2.55. The van der Waals surface area contributed by atoms with Crippen LogP contribution in [0.2, 0.25) is 5.02 Å². The van der Waals surface area contributed by atoms with E-state index < -0.39 is 41.5 Å². The number of piperazine rings is 1. The van der Waals surface area contributed by atoms with Crippen LogP contribution < -0.4 is 10.2 Å². The van der Waals surface area contributed by atoms with E-state index in [1.54, 1.807) is 18.2 Å². The molecule has 0 aromatic heterocycles. The van der Waals surface area contributed by atoms with E-state index in [1.807, 2.05) is 0 Å². The predicted octanol–water partition coefficient (Wildman–Crippen LogP) is 2.65. The summed E-state index contributed by atoms with van der Waals surface area (Å²) in [7, 11) is 0. The maximum Gasteiger partial charge on any atom is 0.349 e. The zero-order chi connectivity index (χ0) is 30.5. The molecular formula is C30H30ClF2N5O5. The number of imide groups is 2. The van der Waals surface area contributed by atoms with Crippen molar-refractivity contribution < 1.29 is 32.8 Å². The smallest absolute Gasteiger partial charge is 0.349 e. The van der Waals surface area contributed by atoms with E-state index in [0.29, 0.717) is 36.9 Å². The standard InChI is InChI=1S/C30H30ClF2N5O5/c31-19-6-4-18(5-7-19)30(32,33)29(43)37-16-14-35(15-17-37)20-10-12-36(13-11-20)22-3-1-2-21-25(22)28(42)38(27(21)41)23-8-9-24(39)34-26(23)40/h1-7,20,23H,8-17H2,(H,34,39,40). The molecule has 6 rings (SSSR count). The Morgan fingerprint density at radius 1 is 0.860 bits per heavy atom. The molecule has 226 valence electrons. The van der Waals surface area contributed by atoms with Crippen LogP contribution in [0.4, 0.5) is 14.5 Å². The van der Waals surface area contributed by atoms with E-state index >= 15 is 0 Å². The maximum atomic E-state index is 14.9. The molecule has 13 heteroatoms. The van der Waals surface area contributed by atoms with Gasteiger partial charge in [-0.15, -0.1) is 0 Å². The molecule has 1 N–H and O–H groups in total. The minimum Gasteiger partial charge on any atom is -0.371 e. The number of alkyl halides is 2. The summed E-state index contributed by atoms with van der Waals surface area (Å²) >= 11 is 5.80. The molecule has 3 fully saturated rings. The number of benzene rings is 2. The van der Waals surface area contributed by atoms with Crippen LogP contribution in [-0.2, 0) is 20.3 Å². The summed E-state index contributed by atoms with van der Waals surface area (Å²) in [6.07, 6.45) is 1.64. The monoisotopic (exact) mass is 613 g/mol. The zero-order valence-corrected chi connectivity index (χ0v) is 24.0. The predicted molar refractivity (Wildman–Crippen MR) is 152 cm³/mol. The fourth-order valence-corrected chi connectivity index (χ4v) is 6.63. The van der Waals surface area contributed by atoms with Crippen LogP contribution in [0.5, 0.6) is 0 Å². The van der Waals surface area contributed by atoms with Crippen LogP contribution in [0.15, 0.2) is 42.5 Å². The number of amides is 5. The molecule has 4 aliphatic heterocycles. The Morgan fingerprint density at radius 2 is 1.53 bits per heavy atom. The van der Waals surface area contributed by atoms with Gasteiger partial charge in [0.25, 0.3) is 17.7 Å². The Hall–Kier alpha value is -3.90. The van der Waals surface area contributed by atoms with Crippen molar-refractivity contribution in [2.75, 3.05) is 44.2 Å². The number of halogens is 3. The fraction of sp³-hybridized carbons (Fsp3) is 0.433. The van der Waals surface area contributed by atoms with Crippen molar-refractivity contribution in [3.63, 3.8) is 0 Å². The van der Waals surface area contributed by atoms with Crippen LogP contribution in [0.3, 0.4) is 0 Å². The molecule has 0 radical (unpaired) electrons. The van der Waals surface area contributed by atoms with Gasteiger partial charge in [0, 0.05) is 62.3 Å². The first-order valence-electron chi connectivity index (χ1n) is 14.3. The van der Waals surface area contributed by atoms with E-state index in [2.05, 4.69) is 15.1 Å². The molecule has 0 aliphatic carbocycles. The van der Waals surface area contributed by atoms with Gasteiger partial charge in [-0.1, -0.05) is 29.8 Å². The third-order valence-corrected chi connectivity index (χ3v) is 9.10. The average Bonchev–Trinajstić information content (AvgIpc) is 3.26. The summed E-state index contributed by atoms with van der Waals surface area (Å²) in [4.78, 5) is 69.9. The highest BCUT2D eigenvalue weighted by molar-refractivity contribution is 6.30. The maximum absolute atomic E-state index is 14.9. The topological polar surface area (TPSA) is 110 Å². The number of carbonyl (C=O) groups is 5. The third kappa shape index (κ3) is 5.27. The number of fused-ring (bicyclic) bond motifs is 1. The van der Waals surface area contributed by atoms with Gasteiger partial charge in [-0.25, -0.2) is 0 Å². The van der Waals surface area contributed by atoms with Gasteiger partial charge in [0.1, 0.15) is 6.04 Å². The van der Waals surface area contributed by atoms with E-state index in [1.165, 1.54) is 29.2 Å². The Bertz CT molecular complexity index is 1490.